The second kappa shape index (κ2) is 7.87. The number of pyridine rings is 1. The van der Waals surface area contributed by atoms with E-state index in [1.807, 2.05) is 50.2 Å². The van der Waals surface area contributed by atoms with E-state index in [4.69, 9.17) is 0 Å². The molecule has 146 valence electrons. The molecule has 0 bridgehead atoms. The molecule has 2 aromatic carbocycles. The highest BCUT2D eigenvalue weighted by Gasteiger charge is 2.24. The monoisotopic (exact) mass is 385 g/mol. The number of hydrogen-bond acceptors (Lipinski definition) is 3. The normalized spacial score (nSPS) is 13.0. The molecule has 5 nitrogen and oxygen atoms in total. The van der Waals surface area contributed by atoms with Gasteiger partial charge in [0, 0.05) is 30.3 Å². The number of nitrogens with zero attached hydrogens (tertiary/aromatic N) is 2. The lowest BCUT2D eigenvalue weighted by Gasteiger charge is -2.29. The second-order valence-corrected chi connectivity index (χ2v) is 7.35. The summed E-state index contributed by atoms with van der Waals surface area (Å²) in [4.78, 5) is 31.8. The summed E-state index contributed by atoms with van der Waals surface area (Å²) < 4.78 is 0. The number of rotatable bonds is 3. The highest BCUT2D eigenvalue weighted by Crippen LogP contribution is 2.28. The zero-order valence-electron chi connectivity index (χ0n) is 16.6. The maximum Gasteiger partial charge on any atom is 0.259 e. The van der Waals surface area contributed by atoms with Crippen LogP contribution in [0.1, 0.15) is 43.8 Å². The zero-order chi connectivity index (χ0) is 20.4. The van der Waals surface area contributed by atoms with Gasteiger partial charge in [-0.15, -0.1) is 0 Å². The fraction of sp³-hybridized carbons (Fsp3) is 0.208. The van der Waals surface area contributed by atoms with E-state index >= 15 is 0 Å². The predicted octanol–water partition coefficient (Wildman–Crippen LogP) is 4.54. The van der Waals surface area contributed by atoms with Gasteiger partial charge >= 0.3 is 0 Å². The number of aryl methyl sites for hydroxylation is 2. The summed E-state index contributed by atoms with van der Waals surface area (Å²) in [6, 6.07) is 15.4. The molecule has 0 spiro atoms. The Hall–Kier alpha value is -3.47. The minimum Gasteiger partial charge on any atom is -0.322 e. The zero-order valence-corrected chi connectivity index (χ0v) is 16.6. The van der Waals surface area contributed by atoms with Crippen LogP contribution in [0, 0.1) is 13.8 Å². The fourth-order valence-electron chi connectivity index (χ4n) is 3.66. The SMILES string of the molecule is Cc1cccc(NC(=O)c2cncc(C(=O)N3CCCc4ccccc43)c2)c1C. The molecule has 3 aromatic rings. The van der Waals surface area contributed by atoms with Gasteiger partial charge < -0.3 is 10.2 Å². The summed E-state index contributed by atoms with van der Waals surface area (Å²) in [6.07, 6.45) is 4.90. The van der Waals surface area contributed by atoms with E-state index in [1.165, 1.54) is 18.0 Å². The number of anilines is 2. The van der Waals surface area contributed by atoms with Gasteiger partial charge in [0.25, 0.3) is 11.8 Å². The van der Waals surface area contributed by atoms with Crippen molar-refractivity contribution >= 4 is 23.2 Å². The average molecular weight is 385 g/mol. The van der Waals surface area contributed by atoms with E-state index in [0.29, 0.717) is 17.7 Å². The molecule has 1 aliphatic heterocycles. The third kappa shape index (κ3) is 3.76. The van der Waals surface area contributed by atoms with Crippen LogP contribution < -0.4 is 10.2 Å². The van der Waals surface area contributed by atoms with Crippen molar-refractivity contribution in [2.75, 3.05) is 16.8 Å². The van der Waals surface area contributed by atoms with Crippen molar-refractivity contribution in [3.05, 3.63) is 88.7 Å². The molecule has 2 heterocycles. The molecule has 0 fully saturated rings. The molecule has 0 saturated heterocycles. The van der Waals surface area contributed by atoms with E-state index in [-0.39, 0.29) is 11.8 Å². The maximum absolute atomic E-state index is 13.1. The maximum atomic E-state index is 13.1. The molecule has 4 rings (SSSR count). The largest absolute Gasteiger partial charge is 0.322 e. The lowest BCUT2D eigenvalue weighted by molar-refractivity contribution is 0.0984. The molecule has 1 N–H and O–H groups in total. The number of carbonyl (C=O) groups excluding carboxylic acids is 2. The summed E-state index contributed by atoms with van der Waals surface area (Å²) in [7, 11) is 0. The molecule has 0 saturated carbocycles. The quantitative estimate of drug-likeness (QED) is 0.720. The topological polar surface area (TPSA) is 62.3 Å². The van der Waals surface area contributed by atoms with Crippen LogP contribution >= 0.6 is 0 Å². The Morgan fingerprint density at radius 1 is 1.00 bits per heavy atom. The van der Waals surface area contributed by atoms with Crippen molar-refractivity contribution < 1.29 is 9.59 Å². The first-order valence-electron chi connectivity index (χ1n) is 9.77. The number of para-hydroxylation sites is 1. The van der Waals surface area contributed by atoms with Crippen LogP contribution in [0.15, 0.2) is 60.9 Å². The van der Waals surface area contributed by atoms with Crippen molar-refractivity contribution in [2.24, 2.45) is 0 Å². The minimum absolute atomic E-state index is 0.133. The first-order valence-corrected chi connectivity index (χ1v) is 9.77. The summed E-state index contributed by atoms with van der Waals surface area (Å²) in [5, 5.41) is 2.92. The minimum atomic E-state index is -0.278. The second-order valence-electron chi connectivity index (χ2n) is 7.35. The van der Waals surface area contributed by atoms with Gasteiger partial charge in [0.2, 0.25) is 0 Å². The third-order valence-corrected chi connectivity index (χ3v) is 5.46. The van der Waals surface area contributed by atoms with Crippen molar-refractivity contribution in [1.29, 1.82) is 0 Å². The summed E-state index contributed by atoms with van der Waals surface area (Å²) in [5.41, 5.74) is 5.77. The van der Waals surface area contributed by atoms with Crippen molar-refractivity contribution in [2.45, 2.75) is 26.7 Å². The van der Waals surface area contributed by atoms with Gasteiger partial charge in [-0.1, -0.05) is 30.3 Å². The van der Waals surface area contributed by atoms with Gasteiger partial charge in [-0.3, -0.25) is 14.6 Å². The van der Waals surface area contributed by atoms with Crippen LogP contribution in [-0.2, 0) is 6.42 Å². The van der Waals surface area contributed by atoms with Gasteiger partial charge in [-0.25, -0.2) is 0 Å². The number of aromatic nitrogens is 1. The predicted molar refractivity (Wildman–Crippen MR) is 115 cm³/mol. The molecule has 0 radical (unpaired) electrons. The molecule has 1 aromatic heterocycles. The van der Waals surface area contributed by atoms with Crippen molar-refractivity contribution in [1.82, 2.24) is 4.98 Å². The summed E-state index contributed by atoms with van der Waals surface area (Å²) in [5.74, 6) is -0.411. The van der Waals surface area contributed by atoms with Crippen LogP contribution in [0.4, 0.5) is 11.4 Å². The lowest BCUT2D eigenvalue weighted by atomic mass is 10.0. The van der Waals surface area contributed by atoms with Crippen LogP contribution in [0.25, 0.3) is 0 Å². The van der Waals surface area contributed by atoms with E-state index in [9.17, 15) is 9.59 Å². The summed E-state index contributed by atoms with van der Waals surface area (Å²) in [6.45, 7) is 4.63. The van der Waals surface area contributed by atoms with Crippen molar-refractivity contribution in [3.8, 4) is 0 Å². The Morgan fingerprint density at radius 3 is 2.66 bits per heavy atom. The number of hydrogen-bond donors (Lipinski definition) is 1. The molecule has 2 amide bonds. The molecule has 5 heteroatoms. The lowest BCUT2D eigenvalue weighted by Crippen LogP contribution is -2.35. The van der Waals surface area contributed by atoms with Crippen LogP contribution in [0.3, 0.4) is 0 Å². The molecule has 0 aliphatic carbocycles. The van der Waals surface area contributed by atoms with Gasteiger partial charge in [0.15, 0.2) is 0 Å². The molecule has 1 aliphatic rings. The smallest absolute Gasteiger partial charge is 0.259 e. The standard InChI is InChI=1S/C24H23N3O2/c1-16-7-5-10-21(17(16)2)26-23(28)19-13-20(15-25-14-19)24(29)27-12-6-9-18-8-3-4-11-22(18)27/h3-5,7-8,10-11,13-15H,6,9,12H2,1-2H3,(H,26,28). The number of nitrogens with one attached hydrogen (secondary N) is 1. The van der Waals surface area contributed by atoms with E-state index in [1.54, 1.807) is 11.0 Å². The van der Waals surface area contributed by atoms with Gasteiger partial charge in [-0.2, -0.15) is 0 Å². The first kappa shape index (κ1) is 18.9. The van der Waals surface area contributed by atoms with Gasteiger partial charge in [0.05, 0.1) is 11.1 Å². The highest BCUT2D eigenvalue weighted by molar-refractivity contribution is 6.09. The Labute approximate surface area is 170 Å². The number of carbonyl (C=O) groups is 2. The number of amides is 2. The van der Waals surface area contributed by atoms with Crippen LogP contribution in [0.5, 0.6) is 0 Å². The fourth-order valence-corrected chi connectivity index (χ4v) is 3.66. The average Bonchev–Trinajstić information content (AvgIpc) is 2.76. The van der Waals surface area contributed by atoms with Gasteiger partial charge in [0.1, 0.15) is 0 Å². The third-order valence-electron chi connectivity index (χ3n) is 5.46. The Morgan fingerprint density at radius 2 is 1.79 bits per heavy atom. The number of benzene rings is 2. The van der Waals surface area contributed by atoms with Crippen LogP contribution in [-0.4, -0.2) is 23.3 Å². The van der Waals surface area contributed by atoms with Crippen molar-refractivity contribution in [3.63, 3.8) is 0 Å². The Kier molecular flexibility index (Phi) is 5.12. The molecule has 29 heavy (non-hydrogen) atoms. The Bertz CT molecular complexity index is 1090. The van der Waals surface area contributed by atoms with E-state index in [2.05, 4.69) is 16.4 Å². The summed E-state index contributed by atoms with van der Waals surface area (Å²) >= 11 is 0. The van der Waals surface area contributed by atoms with Gasteiger partial charge in [-0.05, 0) is 61.6 Å². The molecular formula is C24H23N3O2. The Balaban J connectivity index is 1.58. The number of fused-ring (bicyclic) bond motifs is 1. The van der Waals surface area contributed by atoms with E-state index < -0.39 is 0 Å². The first-order chi connectivity index (χ1) is 14.0. The highest BCUT2D eigenvalue weighted by atomic mass is 16.2. The molecule has 0 unspecified atom stereocenters. The van der Waals surface area contributed by atoms with E-state index in [0.717, 1.165) is 35.3 Å². The molecule has 0 atom stereocenters. The molecular weight excluding hydrogens is 362 g/mol. The van der Waals surface area contributed by atoms with Crippen LogP contribution in [0.2, 0.25) is 0 Å².